The average Bonchev–Trinajstić information content (AvgIpc) is 3.01. The molecule has 1 saturated carbocycles. The molecular formula is C19H25NO5. The lowest BCUT2D eigenvalue weighted by Gasteiger charge is -2.33. The molecule has 0 spiro atoms. The van der Waals surface area contributed by atoms with Crippen molar-refractivity contribution in [2.75, 3.05) is 14.2 Å². The number of hydrogen-bond donors (Lipinski definition) is 1. The number of carbonyl (C=O) groups excluding carboxylic acids is 1. The SMILES string of the molecule is COc1ccc(OC)c(CC(=O)N2C(C(=O)O)CC3CCCCC32)c1. The number of benzene rings is 1. The molecule has 1 aromatic carbocycles. The average molecular weight is 347 g/mol. The number of ether oxygens (including phenoxy) is 2. The van der Waals surface area contributed by atoms with Gasteiger partial charge in [-0.05, 0) is 43.4 Å². The van der Waals surface area contributed by atoms with Gasteiger partial charge < -0.3 is 19.5 Å². The van der Waals surface area contributed by atoms with Crippen molar-refractivity contribution in [1.29, 1.82) is 0 Å². The molecule has 2 fully saturated rings. The van der Waals surface area contributed by atoms with Crippen molar-refractivity contribution in [1.82, 2.24) is 4.90 Å². The van der Waals surface area contributed by atoms with Crippen LogP contribution in [-0.2, 0) is 16.0 Å². The van der Waals surface area contributed by atoms with Gasteiger partial charge >= 0.3 is 5.97 Å². The molecule has 1 aromatic rings. The van der Waals surface area contributed by atoms with Gasteiger partial charge in [-0.1, -0.05) is 12.8 Å². The van der Waals surface area contributed by atoms with E-state index in [0.717, 1.165) is 31.2 Å². The van der Waals surface area contributed by atoms with Crippen LogP contribution in [0.25, 0.3) is 0 Å². The predicted octanol–water partition coefficient (Wildman–Crippen LogP) is 2.49. The maximum atomic E-state index is 13.0. The zero-order chi connectivity index (χ0) is 18.0. The first kappa shape index (κ1) is 17.6. The lowest BCUT2D eigenvalue weighted by molar-refractivity contribution is -0.149. The van der Waals surface area contributed by atoms with Gasteiger partial charge in [-0.25, -0.2) is 4.79 Å². The van der Waals surface area contributed by atoms with Crippen LogP contribution in [0.5, 0.6) is 11.5 Å². The van der Waals surface area contributed by atoms with Gasteiger partial charge in [0, 0.05) is 11.6 Å². The van der Waals surface area contributed by atoms with E-state index in [9.17, 15) is 14.7 Å². The van der Waals surface area contributed by atoms with Crippen LogP contribution in [0.4, 0.5) is 0 Å². The summed E-state index contributed by atoms with van der Waals surface area (Å²) in [6.45, 7) is 0. The first-order chi connectivity index (χ1) is 12.0. The van der Waals surface area contributed by atoms with Crippen molar-refractivity contribution in [2.24, 2.45) is 5.92 Å². The third kappa shape index (κ3) is 3.43. The third-order valence-electron chi connectivity index (χ3n) is 5.49. The molecule has 25 heavy (non-hydrogen) atoms. The van der Waals surface area contributed by atoms with Crippen LogP contribution in [-0.4, -0.2) is 48.2 Å². The van der Waals surface area contributed by atoms with Gasteiger partial charge in [0.25, 0.3) is 0 Å². The van der Waals surface area contributed by atoms with Gasteiger partial charge in [0.1, 0.15) is 17.5 Å². The molecule has 1 amide bonds. The Morgan fingerprint density at radius 3 is 2.64 bits per heavy atom. The molecule has 0 bridgehead atoms. The molecule has 3 rings (SSSR count). The number of hydrogen-bond acceptors (Lipinski definition) is 4. The van der Waals surface area contributed by atoms with Crippen molar-refractivity contribution >= 4 is 11.9 Å². The molecule has 2 aliphatic rings. The van der Waals surface area contributed by atoms with Crippen LogP contribution < -0.4 is 9.47 Å². The standard InChI is InChI=1S/C19H25NO5/c1-24-14-7-8-17(25-2)13(9-14)11-18(21)20-15-6-4-3-5-12(15)10-16(20)19(22)23/h7-9,12,15-16H,3-6,10-11H2,1-2H3,(H,22,23). The zero-order valence-electron chi connectivity index (χ0n) is 14.7. The molecular weight excluding hydrogens is 322 g/mol. The maximum absolute atomic E-state index is 13.0. The number of nitrogens with zero attached hydrogens (tertiary/aromatic N) is 1. The van der Waals surface area contributed by atoms with Crippen LogP contribution in [0.2, 0.25) is 0 Å². The van der Waals surface area contributed by atoms with E-state index in [1.54, 1.807) is 37.3 Å². The number of likely N-dealkylation sites (tertiary alicyclic amines) is 1. The molecule has 3 atom stereocenters. The number of carboxylic acid groups (broad SMARTS) is 1. The van der Waals surface area contributed by atoms with Crippen LogP contribution in [0.1, 0.15) is 37.7 Å². The molecule has 1 aliphatic carbocycles. The molecule has 1 heterocycles. The van der Waals surface area contributed by atoms with Gasteiger partial charge in [0.15, 0.2) is 0 Å². The monoisotopic (exact) mass is 347 g/mol. The van der Waals surface area contributed by atoms with Crippen LogP contribution in [0.15, 0.2) is 18.2 Å². The van der Waals surface area contributed by atoms with Gasteiger partial charge in [-0.3, -0.25) is 4.79 Å². The zero-order valence-corrected chi connectivity index (χ0v) is 14.7. The Hall–Kier alpha value is -2.24. The van der Waals surface area contributed by atoms with E-state index in [2.05, 4.69) is 0 Å². The smallest absolute Gasteiger partial charge is 0.326 e. The minimum Gasteiger partial charge on any atom is -0.497 e. The van der Waals surface area contributed by atoms with Gasteiger partial charge in [0.2, 0.25) is 5.91 Å². The lowest BCUT2D eigenvalue weighted by atomic mass is 9.84. The molecule has 1 N–H and O–H groups in total. The van der Waals surface area contributed by atoms with E-state index < -0.39 is 12.0 Å². The van der Waals surface area contributed by atoms with E-state index in [1.165, 1.54) is 0 Å². The fourth-order valence-corrected chi connectivity index (χ4v) is 4.31. The van der Waals surface area contributed by atoms with Crippen LogP contribution >= 0.6 is 0 Å². The summed E-state index contributed by atoms with van der Waals surface area (Å²) in [5, 5.41) is 9.59. The summed E-state index contributed by atoms with van der Waals surface area (Å²) in [5.74, 6) is 0.524. The minimum absolute atomic E-state index is 0.0546. The first-order valence-corrected chi connectivity index (χ1v) is 8.80. The fourth-order valence-electron chi connectivity index (χ4n) is 4.31. The second-order valence-electron chi connectivity index (χ2n) is 6.86. The number of rotatable bonds is 5. The lowest BCUT2D eigenvalue weighted by Crippen LogP contribution is -2.46. The van der Waals surface area contributed by atoms with E-state index in [0.29, 0.717) is 23.8 Å². The van der Waals surface area contributed by atoms with E-state index in [4.69, 9.17) is 9.47 Å². The Bertz CT molecular complexity index is 659. The Morgan fingerprint density at radius 2 is 1.96 bits per heavy atom. The number of carbonyl (C=O) groups is 2. The van der Waals surface area contributed by atoms with E-state index >= 15 is 0 Å². The van der Waals surface area contributed by atoms with Gasteiger partial charge in [-0.15, -0.1) is 0 Å². The summed E-state index contributed by atoms with van der Waals surface area (Å²) >= 11 is 0. The summed E-state index contributed by atoms with van der Waals surface area (Å²) in [4.78, 5) is 26.3. The van der Waals surface area contributed by atoms with Crippen molar-refractivity contribution in [3.05, 3.63) is 23.8 Å². The summed E-state index contributed by atoms with van der Waals surface area (Å²) in [7, 11) is 3.13. The molecule has 136 valence electrons. The predicted molar refractivity (Wildman–Crippen MR) is 91.9 cm³/mol. The Labute approximate surface area is 147 Å². The van der Waals surface area contributed by atoms with Crippen LogP contribution in [0.3, 0.4) is 0 Å². The molecule has 1 aliphatic heterocycles. The van der Waals surface area contributed by atoms with Crippen molar-refractivity contribution in [3.63, 3.8) is 0 Å². The number of amides is 1. The summed E-state index contributed by atoms with van der Waals surface area (Å²) in [6.07, 6.45) is 4.78. The first-order valence-electron chi connectivity index (χ1n) is 8.80. The number of carboxylic acids is 1. The van der Waals surface area contributed by atoms with Gasteiger partial charge in [-0.2, -0.15) is 0 Å². The largest absolute Gasteiger partial charge is 0.497 e. The second-order valence-corrected chi connectivity index (χ2v) is 6.86. The highest BCUT2D eigenvalue weighted by Gasteiger charge is 2.47. The van der Waals surface area contributed by atoms with E-state index in [1.807, 2.05) is 0 Å². The minimum atomic E-state index is -0.902. The summed E-state index contributed by atoms with van der Waals surface area (Å²) < 4.78 is 10.6. The molecule has 0 aromatic heterocycles. The highest BCUT2D eigenvalue weighted by Crippen LogP contribution is 2.40. The maximum Gasteiger partial charge on any atom is 0.326 e. The quantitative estimate of drug-likeness (QED) is 0.886. The third-order valence-corrected chi connectivity index (χ3v) is 5.49. The summed E-state index contributed by atoms with van der Waals surface area (Å²) in [6, 6.07) is 4.67. The second kappa shape index (κ2) is 7.33. The molecule has 1 saturated heterocycles. The number of fused-ring (bicyclic) bond motifs is 1. The Morgan fingerprint density at radius 1 is 1.20 bits per heavy atom. The fraction of sp³-hybridized carbons (Fsp3) is 0.579. The van der Waals surface area contributed by atoms with Crippen molar-refractivity contribution < 1.29 is 24.2 Å². The van der Waals surface area contributed by atoms with Crippen molar-refractivity contribution in [2.45, 2.75) is 50.6 Å². The number of aliphatic carboxylic acids is 1. The van der Waals surface area contributed by atoms with Crippen LogP contribution in [0, 0.1) is 5.92 Å². The molecule has 0 radical (unpaired) electrons. The topological polar surface area (TPSA) is 76.1 Å². The molecule has 6 heteroatoms. The highest BCUT2D eigenvalue weighted by molar-refractivity contribution is 5.86. The van der Waals surface area contributed by atoms with Gasteiger partial charge in [0.05, 0.1) is 20.6 Å². The van der Waals surface area contributed by atoms with E-state index in [-0.39, 0.29) is 18.4 Å². The normalized spacial score (nSPS) is 25.4. The van der Waals surface area contributed by atoms with Crippen molar-refractivity contribution in [3.8, 4) is 11.5 Å². The molecule has 6 nitrogen and oxygen atoms in total. The Balaban J connectivity index is 1.84. The molecule has 3 unspecified atom stereocenters. The summed E-state index contributed by atoms with van der Waals surface area (Å²) in [5.41, 5.74) is 0.718. The number of methoxy groups -OCH3 is 2. The highest BCUT2D eigenvalue weighted by atomic mass is 16.5. The Kier molecular flexibility index (Phi) is 5.16.